The monoisotopic (exact) mass is 831 g/mol. The van der Waals surface area contributed by atoms with Crippen LogP contribution in [0.15, 0.2) is 36.5 Å². The maximum Gasteiger partial charge on any atom is 0.328 e. The van der Waals surface area contributed by atoms with E-state index in [1.54, 1.807) is 0 Å². The summed E-state index contributed by atoms with van der Waals surface area (Å²) in [7, 11) is 0. The molecule has 0 radical (unpaired) electrons. The predicted molar refractivity (Wildman–Crippen MR) is 245 cm³/mol. The lowest BCUT2D eigenvalue weighted by molar-refractivity contribution is -0.150. The topological polar surface area (TPSA) is 142 Å². The van der Waals surface area contributed by atoms with E-state index in [2.05, 4.69) is 60.9 Å². The van der Waals surface area contributed by atoms with Crippen molar-refractivity contribution in [3.8, 4) is 0 Å². The van der Waals surface area contributed by atoms with E-state index in [1.165, 1.54) is 122 Å². The van der Waals surface area contributed by atoms with E-state index in [0.717, 1.165) is 77.0 Å². The van der Waals surface area contributed by atoms with Crippen molar-refractivity contribution in [1.82, 2.24) is 10.6 Å². The third-order valence-corrected chi connectivity index (χ3v) is 10.9. The normalized spacial score (nSPS) is 12.7. The second-order valence-corrected chi connectivity index (χ2v) is 16.5. The van der Waals surface area contributed by atoms with Crippen molar-refractivity contribution < 1.29 is 34.1 Å². The molecule has 2 atom stereocenters. The van der Waals surface area contributed by atoms with E-state index in [-0.39, 0.29) is 30.9 Å². The minimum atomic E-state index is -1.38. The number of esters is 1. The molecule has 0 aliphatic rings. The summed E-state index contributed by atoms with van der Waals surface area (Å²) < 4.78 is 6.03. The van der Waals surface area contributed by atoms with Gasteiger partial charge in [0.1, 0.15) is 12.1 Å². The lowest BCUT2D eigenvalue weighted by atomic mass is 10.0. The van der Waals surface area contributed by atoms with Gasteiger partial charge in [-0.2, -0.15) is 0 Å². The first-order valence-electron chi connectivity index (χ1n) is 24.4. The summed E-state index contributed by atoms with van der Waals surface area (Å²) in [6.45, 7) is 3.47. The van der Waals surface area contributed by atoms with Crippen molar-refractivity contribution in [1.29, 1.82) is 0 Å². The van der Waals surface area contributed by atoms with Crippen LogP contribution in [0.1, 0.15) is 232 Å². The number of carbonyl (C=O) groups excluding carboxylic acids is 3. The Morgan fingerprint density at radius 3 is 1.46 bits per heavy atom. The van der Waals surface area contributed by atoms with Gasteiger partial charge in [-0.1, -0.05) is 166 Å². The van der Waals surface area contributed by atoms with E-state index in [9.17, 15) is 19.2 Å². The molecule has 0 saturated heterocycles. The van der Waals surface area contributed by atoms with Crippen LogP contribution in [-0.4, -0.2) is 59.3 Å². The van der Waals surface area contributed by atoms with Crippen LogP contribution in [-0.2, 0) is 23.9 Å². The zero-order valence-corrected chi connectivity index (χ0v) is 38.0. The highest BCUT2D eigenvalue weighted by Gasteiger charge is 2.19. The fraction of sp³-hybridized carbons (Fsp3) is 0.800. The van der Waals surface area contributed by atoms with Crippen LogP contribution in [0.4, 0.5) is 0 Å². The molecular formula is C50H90N2O7. The summed E-state index contributed by atoms with van der Waals surface area (Å²) in [6, 6.07) is -1.38. The average molecular weight is 831 g/mol. The predicted octanol–water partition coefficient (Wildman–Crippen LogP) is 12.5. The van der Waals surface area contributed by atoms with Crippen molar-refractivity contribution in [2.75, 3.05) is 13.2 Å². The molecule has 0 aromatic rings. The maximum atomic E-state index is 12.8. The molecule has 59 heavy (non-hydrogen) atoms. The first kappa shape index (κ1) is 56.1. The third kappa shape index (κ3) is 41.6. The smallest absolute Gasteiger partial charge is 0.328 e. The number of unbranched alkanes of at least 4 members (excludes halogenated alkanes) is 24. The summed E-state index contributed by atoms with van der Waals surface area (Å²) in [4.78, 5) is 47.7. The quantitative estimate of drug-likeness (QED) is 0.0272. The lowest BCUT2D eigenvalue weighted by Gasteiger charge is -2.18. The van der Waals surface area contributed by atoms with Gasteiger partial charge in [-0.25, -0.2) is 4.79 Å². The Morgan fingerprint density at radius 2 is 0.932 bits per heavy atom. The molecule has 9 heteroatoms. The van der Waals surface area contributed by atoms with E-state index >= 15 is 0 Å². The zero-order valence-electron chi connectivity index (χ0n) is 38.0. The Morgan fingerprint density at radius 1 is 0.508 bits per heavy atom. The Bertz CT molecular complexity index is 1090. The van der Waals surface area contributed by atoms with Crippen LogP contribution in [0.2, 0.25) is 0 Å². The summed E-state index contributed by atoms with van der Waals surface area (Å²) >= 11 is 0. The number of carboxylic acid groups (broad SMARTS) is 1. The van der Waals surface area contributed by atoms with Gasteiger partial charge in [0, 0.05) is 12.8 Å². The Balaban J connectivity index is 4.33. The standard InChI is InChI=1S/C50H90N2O7/c1-3-5-7-9-11-13-15-17-18-19-20-21-23-25-27-29-34-38-42-49(56)59-45(39-35-31-28-26-24-22-16-14-12-10-8-6-4-2)40-36-32-30-33-37-41-47(54)51-43-48(55)52-46(44-53)50(57)58/h13,15,18-19,26,28,45-46,53H,3-12,14,16-17,20-25,27,29-44H2,1-2H3,(H,51,54)(H,52,55)(H,57,58)/b15-13-,19-18-,28-26-. The van der Waals surface area contributed by atoms with Crippen LogP contribution in [0.3, 0.4) is 0 Å². The van der Waals surface area contributed by atoms with Gasteiger partial charge in [-0.3, -0.25) is 14.4 Å². The molecule has 4 N–H and O–H groups in total. The number of nitrogens with one attached hydrogen (secondary N) is 2. The van der Waals surface area contributed by atoms with Gasteiger partial charge >= 0.3 is 11.9 Å². The Hall–Kier alpha value is -2.94. The summed E-state index contributed by atoms with van der Waals surface area (Å²) in [5.41, 5.74) is 0. The molecule has 0 aromatic heterocycles. The molecule has 9 nitrogen and oxygen atoms in total. The minimum absolute atomic E-state index is 0.0484. The molecule has 342 valence electrons. The number of hydrogen-bond donors (Lipinski definition) is 4. The van der Waals surface area contributed by atoms with Crippen LogP contribution in [0.25, 0.3) is 0 Å². The number of aliphatic carboxylic acids is 1. The first-order chi connectivity index (χ1) is 28.8. The number of carbonyl (C=O) groups is 4. The zero-order chi connectivity index (χ0) is 43.3. The van der Waals surface area contributed by atoms with E-state index in [0.29, 0.717) is 12.8 Å². The number of amides is 2. The third-order valence-electron chi connectivity index (χ3n) is 10.9. The van der Waals surface area contributed by atoms with E-state index < -0.39 is 24.5 Å². The molecule has 0 fully saturated rings. The van der Waals surface area contributed by atoms with Gasteiger partial charge in [0.15, 0.2) is 0 Å². The summed E-state index contributed by atoms with van der Waals surface area (Å²) in [6.07, 6.45) is 51.7. The van der Waals surface area contributed by atoms with Crippen LogP contribution >= 0.6 is 0 Å². The van der Waals surface area contributed by atoms with Gasteiger partial charge in [0.25, 0.3) is 0 Å². The van der Waals surface area contributed by atoms with Crippen LogP contribution in [0, 0.1) is 0 Å². The number of ether oxygens (including phenoxy) is 1. The summed E-state index contributed by atoms with van der Waals surface area (Å²) in [5.74, 6) is -2.31. The number of allylic oxidation sites excluding steroid dienone is 6. The molecule has 0 bridgehead atoms. The number of aliphatic hydroxyl groups is 1. The molecule has 0 aliphatic heterocycles. The molecule has 0 saturated carbocycles. The minimum Gasteiger partial charge on any atom is -0.480 e. The van der Waals surface area contributed by atoms with E-state index in [1.807, 2.05) is 0 Å². The molecule has 0 heterocycles. The molecule has 2 amide bonds. The molecular weight excluding hydrogens is 741 g/mol. The highest BCUT2D eigenvalue weighted by Crippen LogP contribution is 2.18. The van der Waals surface area contributed by atoms with Crippen molar-refractivity contribution >= 4 is 23.8 Å². The second kappa shape index (κ2) is 44.6. The van der Waals surface area contributed by atoms with Gasteiger partial charge < -0.3 is 25.6 Å². The Kier molecular flexibility index (Phi) is 42.4. The molecule has 2 unspecified atom stereocenters. The van der Waals surface area contributed by atoms with Crippen molar-refractivity contribution in [2.24, 2.45) is 0 Å². The average Bonchev–Trinajstić information content (AvgIpc) is 3.22. The van der Waals surface area contributed by atoms with E-state index in [4.69, 9.17) is 14.9 Å². The number of rotatable bonds is 44. The fourth-order valence-corrected chi connectivity index (χ4v) is 7.10. The second-order valence-electron chi connectivity index (χ2n) is 16.5. The molecule has 0 aliphatic carbocycles. The van der Waals surface area contributed by atoms with Gasteiger partial charge in [0.2, 0.25) is 11.8 Å². The van der Waals surface area contributed by atoms with Crippen molar-refractivity contribution in [3.05, 3.63) is 36.5 Å². The van der Waals surface area contributed by atoms with Crippen molar-refractivity contribution in [2.45, 2.75) is 244 Å². The maximum absolute atomic E-state index is 12.8. The molecule has 0 spiro atoms. The molecule has 0 aromatic carbocycles. The van der Waals surface area contributed by atoms with Gasteiger partial charge in [-0.05, 0) is 89.9 Å². The van der Waals surface area contributed by atoms with Crippen molar-refractivity contribution in [3.63, 3.8) is 0 Å². The van der Waals surface area contributed by atoms with Gasteiger partial charge in [-0.15, -0.1) is 0 Å². The highest BCUT2D eigenvalue weighted by atomic mass is 16.5. The lowest BCUT2D eigenvalue weighted by Crippen LogP contribution is -2.47. The summed E-state index contributed by atoms with van der Waals surface area (Å²) in [5, 5.41) is 22.6. The number of hydrogen-bond acceptors (Lipinski definition) is 6. The fourth-order valence-electron chi connectivity index (χ4n) is 7.10. The Labute approximate surface area is 361 Å². The van der Waals surface area contributed by atoms with Crippen LogP contribution < -0.4 is 10.6 Å². The largest absolute Gasteiger partial charge is 0.480 e. The first-order valence-corrected chi connectivity index (χ1v) is 24.4. The number of carboxylic acids is 1. The van der Waals surface area contributed by atoms with Crippen LogP contribution in [0.5, 0.6) is 0 Å². The van der Waals surface area contributed by atoms with Gasteiger partial charge in [0.05, 0.1) is 13.2 Å². The SMILES string of the molecule is CCCCCC/C=C\C/C=C\CCCCCCCCCC(=O)OC(CCC/C=C\CCCCCCCCCC)CCCCCCCC(=O)NCC(=O)NC(CO)C(=O)O. The molecule has 0 rings (SSSR count). The highest BCUT2D eigenvalue weighted by molar-refractivity contribution is 5.87. The number of aliphatic hydroxyl groups excluding tert-OH is 1.